The standard InChI is InChI=1S/C15H20N2O5/c1-16-5-6-17(9-12(16)15(20)21)8-10-3-4-13(22-2)11(7-10)14(18)19/h3-4,7,12H,5-6,8-9H2,1-2H3,(H,18,19)(H,20,21). The van der Waals surface area contributed by atoms with Crippen LogP contribution in [0.4, 0.5) is 0 Å². The summed E-state index contributed by atoms with van der Waals surface area (Å²) in [7, 11) is 3.23. The summed E-state index contributed by atoms with van der Waals surface area (Å²) in [4.78, 5) is 26.3. The smallest absolute Gasteiger partial charge is 0.339 e. The van der Waals surface area contributed by atoms with Gasteiger partial charge in [0.1, 0.15) is 17.4 Å². The second-order valence-electron chi connectivity index (χ2n) is 5.41. The highest BCUT2D eigenvalue weighted by Crippen LogP contribution is 2.21. The molecule has 1 heterocycles. The van der Waals surface area contributed by atoms with Crippen LogP contribution in [0.2, 0.25) is 0 Å². The first kappa shape index (κ1) is 16.3. The number of hydrogen-bond donors (Lipinski definition) is 2. The van der Waals surface area contributed by atoms with Crippen LogP contribution < -0.4 is 4.74 Å². The van der Waals surface area contributed by atoms with Gasteiger partial charge in [-0.25, -0.2) is 4.79 Å². The Kier molecular flexibility index (Phi) is 4.99. The molecule has 1 atom stereocenters. The lowest BCUT2D eigenvalue weighted by molar-refractivity contribution is -0.145. The lowest BCUT2D eigenvalue weighted by Gasteiger charge is -2.37. The molecule has 7 nitrogen and oxygen atoms in total. The van der Waals surface area contributed by atoms with Gasteiger partial charge in [0.2, 0.25) is 0 Å². The van der Waals surface area contributed by atoms with E-state index in [2.05, 4.69) is 0 Å². The van der Waals surface area contributed by atoms with Gasteiger partial charge in [-0.1, -0.05) is 6.07 Å². The van der Waals surface area contributed by atoms with E-state index in [0.717, 1.165) is 12.1 Å². The molecule has 0 radical (unpaired) electrons. The first-order valence-electron chi connectivity index (χ1n) is 6.98. The third-order valence-electron chi connectivity index (χ3n) is 3.92. The molecule has 1 fully saturated rings. The molecule has 0 spiro atoms. The van der Waals surface area contributed by atoms with Crippen molar-refractivity contribution in [2.75, 3.05) is 33.8 Å². The molecule has 0 amide bonds. The van der Waals surface area contributed by atoms with Gasteiger partial charge in [-0.05, 0) is 24.7 Å². The molecule has 22 heavy (non-hydrogen) atoms. The molecule has 1 aromatic carbocycles. The van der Waals surface area contributed by atoms with E-state index < -0.39 is 18.0 Å². The van der Waals surface area contributed by atoms with Crippen LogP contribution in [0.1, 0.15) is 15.9 Å². The number of ether oxygens (including phenoxy) is 1. The number of carboxylic acids is 2. The fourth-order valence-corrected chi connectivity index (χ4v) is 2.62. The summed E-state index contributed by atoms with van der Waals surface area (Å²) < 4.78 is 5.04. The number of rotatable bonds is 5. The predicted molar refractivity (Wildman–Crippen MR) is 79.3 cm³/mol. The van der Waals surface area contributed by atoms with E-state index in [9.17, 15) is 19.8 Å². The van der Waals surface area contributed by atoms with Crippen LogP contribution in [0.15, 0.2) is 18.2 Å². The van der Waals surface area contributed by atoms with Crippen LogP contribution in [0.3, 0.4) is 0 Å². The molecule has 0 aliphatic carbocycles. The lowest BCUT2D eigenvalue weighted by atomic mass is 10.1. The number of carbonyl (C=O) groups is 2. The summed E-state index contributed by atoms with van der Waals surface area (Å²) in [5.74, 6) is -1.56. The van der Waals surface area contributed by atoms with Crippen molar-refractivity contribution in [1.82, 2.24) is 9.80 Å². The number of methoxy groups -OCH3 is 1. The first-order chi connectivity index (χ1) is 10.4. The molecule has 1 aliphatic heterocycles. The highest BCUT2D eigenvalue weighted by atomic mass is 16.5. The number of aromatic carboxylic acids is 1. The average Bonchev–Trinajstić information content (AvgIpc) is 2.48. The van der Waals surface area contributed by atoms with Gasteiger partial charge < -0.3 is 14.9 Å². The second-order valence-corrected chi connectivity index (χ2v) is 5.41. The number of nitrogens with zero attached hydrogens (tertiary/aromatic N) is 2. The minimum absolute atomic E-state index is 0.115. The minimum Gasteiger partial charge on any atom is -0.496 e. The maximum Gasteiger partial charge on any atom is 0.339 e. The lowest BCUT2D eigenvalue weighted by Crippen LogP contribution is -2.54. The van der Waals surface area contributed by atoms with Crippen LogP contribution in [0.25, 0.3) is 0 Å². The molecule has 1 aromatic rings. The Balaban J connectivity index is 2.12. The van der Waals surface area contributed by atoms with Gasteiger partial charge in [0.15, 0.2) is 0 Å². The van der Waals surface area contributed by atoms with Gasteiger partial charge in [0.05, 0.1) is 7.11 Å². The number of carboxylic acid groups (broad SMARTS) is 2. The van der Waals surface area contributed by atoms with E-state index >= 15 is 0 Å². The summed E-state index contributed by atoms with van der Waals surface area (Å²) in [5.41, 5.74) is 0.941. The van der Waals surface area contributed by atoms with Crippen LogP contribution in [-0.4, -0.2) is 71.8 Å². The molecule has 2 rings (SSSR count). The maximum atomic E-state index is 11.2. The van der Waals surface area contributed by atoms with Crippen molar-refractivity contribution in [2.45, 2.75) is 12.6 Å². The van der Waals surface area contributed by atoms with Crippen molar-refractivity contribution in [3.8, 4) is 5.75 Å². The van der Waals surface area contributed by atoms with Crippen molar-refractivity contribution in [3.63, 3.8) is 0 Å². The zero-order valence-corrected chi connectivity index (χ0v) is 12.7. The van der Waals surface area contributed by atoms with Crippen LogP contribution in [0.5, 0.6) is 5.75 Å². The van der Waals surface area contributed by atoms with Gasteiger partial charge in [-0.15, -0.1) is 0 Å². The van der Waals surface area contributed by atoms with E-state index in [-0.39, 0.29) is 5.56 Å². The fourth-order valence-electron chi connectivity index (χ4n) is 2.62. The van der Waals surface area contributed by atoms with Gasteiger partial charge in [0.25, 0.3) is 0 Å². The van der Waals surface area contributed by atoms with Gasteiger partial charge >= 0.3 is 11.9 Å². The summed E-state index contributed by atoms with van der Waals surface area (Å²) in [6.07, 6.45) is 0. The van der Waals surface area contributed by atoms with E-state index in [1.165, 1.54) is 7.11 Å². The molecule has 1 aliphatic rings. The zero-order chi connectivity index (χ0) is 16.3. The molecule has 0 aromatic heterocycles. The molecule has 0 bridgehead atoms. The summed E-state index contributed by atoms with van der Waals surface area (Å²) >= 11 is 0. The molecule has 1 saturated heterocycles. The maximum absolute atomic E-state index is 11.2. The van der Waals surface area contributed by atoms with Crippen molar-refractivity contribution >= 4 is 11.9 Å². The third-order valence-corrected chi connectivity index (χ3v) is 3.92. The highest BCUT2D eigenvalue weighted by molar-refractivity contribution is 5.91. The van der Waals surface area contributed by atoms with Crippen LogP contribution >= 0.6 is 0 Å². The third kappa shape index (κ3) is 3.55. The normalized spacial score (nSPS) is 19.8. The van der Waals surface area contributed by atoms with Gasteiger partial charge in [0, 0.05) is 26.2 Å². The van der Waals surface area contributed by atoms with Crippen molar-refractivity contribution in [1.29, 1.82) is 0 Å². The molecule has 0 saturated carbocycles. The van der Waals surface area contributed by atoms with Crippen LogP contribution in [0, 0.1) is 0 Å². The average molecular weight is 308 g/mol. The molecule has 2 N–H and O–H groups in total. The Morgan fingerprint density at radius 1 is 1.32 bits per heavy atom. The Hall–Kier alpha value is -2.12. The van der Waals surface area contributed by atoms with Crippen molar-refractivity contribution in [3.05, 3.63) is 29.3 Å². The molecule has 1 unspecified atom stereocenters. The topological polar surface area (TPSA) is 90.3 Å². The summed E-state index contributed by atoms with van der Waals surface area (Å²) in [6.45, 7) is 2.34. The Morgan fingerprint density at radius 3 is 2.64 bits per heavy atom. The highest BCUT2D eigenvalue weighted by Gasteiger charge is 2.29. The second kappa shape index (κ2) is 6.76. The Labute approximate surface area is 128 Å². The monoisotopic (exact) mass is 308 g/mol. The summed E-state index contributed by atoms with van der Waals surface area (Å²) in [6, 6.07) is 4.48. The predicted octanol–water partition coefficient (Wildman–Crippen LogP) is 0.594. The zero-order valence-electron chi connectivity index (χ0n) is 12.7. The van der Waals surface area contributed by atoms with Crippen molar-refractivity contribution < 1.29 is 24.5 Å². The first-order valence-corrected chi connectivity index (χ1v) is 6.98. The van der Waals surface area contributed by atoms with E-state index in [1.807, 2.05) is 9.80 Å². The minimum atomic E-state index is -1.04. The number of hydrogen-bond acceptors (Lipinski definition) is 5. The van der Waals surface area contributed by atoms with E-state index in [0.29, 0.717) is 25.4 Å². The van der Waals surface area contributed by atoms with Crippen molar-refractivity contribution in [2.24, 2.45) is 0 Å². The number of likely N-dealkylation sites (N-methyl/N-ethyl adjacent to an activating group) is 1. The van der Waals surface area contributed by atoms with E-state index in [4.69, 9.17) is 4.74 Å². The fraction of sp³-hybridized carbons (Fsp3) is 0.467. The van der Waals surface area contributed by atoms with Gasteiger partial charge in [-0.2, -0.15) is 0 Å². The number of piperazine rings is 1. The molecule has 7 heteroatoms. The Bertz CT molecular complexity index is 575. The van der Waals surface area contributed by atoms with Crippen LogP contribution in [-0.2, 0) is 11.3 Å². The summed E-state index contributed by atoms with van der Waals surface area (Å²) in [5, 5.41) is 18.4. The van der Waals surface area contributed by atoms with E-state index in [1.54, 1.807) is 25.2 Å². The SMILES string of the molecule is COc1ccc(CN2CCN(C)C(C(=O)O)C2)cc1C(=O)O. The number of benzene rings is 1. The quantitative estimate of drug-likeness (QED) is 0.823. The molecule has 120 valence electrons. The Morgan fingerprint density at radius 2 is 2.05 bits per heavy atom. The van der Waals surface area contributed by atoms with Gasteiger partial charge in [-0.3, -0.25) is 14.6 Å². The largest absolute Gasteiger partial charge is 0.496 e. The molecular formula is C15H20N2O5. The number of aliphatic carboxylic acids is 1. The molecular weight excluding hydrogens is 288 g/mol.